The van der Waals surface area contributed by atoms with Crippen molar-refractivity contribution in [2.45, 2.75) is 20.0 Å². The Hall–Kier alpha value is -2.40. The van der Waals surface area contributed by atoms with Gasteiger partial charge >= 0.3 is 0 Å². The largest absolute Gasteiger partial charge is 0.334 e. The fraction of sp³-hybridized carbons (Fsp3) is 0.250. The summed E-state index contributed by atoms with van der Waals surface area (Å²) in [6.07, 6.45) is 7.61. The van der Waals surface area contributed by atoms with Crippen LogP contribution in [0.15, 0.2) is 55.1 Å². The Balaban J connectivity index is 1.60. The van der Waals surface area contributed by atoms with E-state index in [9.17, 15) is 0 Å². The highest BCUT2D eigenvalue weighted by Gasteiger charge is 2.03. The topological polar surface area (TPSA) is 47.7 Å². The van der Waals surface area contributed by atoms with Crippen LogP contribution in [-0.2, 0) is 13.1 Å². The molecule has 1 N–H and O–H groups in total. The van der Waals surface area contributed by atoms with Crippen LogP contribution in [0.25, 0.3) is 5.69 Å². The van der Waals surface area contributed by atoms with Gasteiger partial charge in [0, 0.05) is 44.4 Å². The first-order valence-electron chi connectivity index (χ1n) is 7.11. The molecule has 5 heteroatoms. The molecule has 0 aliphatic heterocycles. The van der Waals surface area contributed by atoms with E-state index in [0.29, 0.717) is 0 Å². The lowest BCUT2D eigenvalue weighted by atomic mass is 10.2. The van der Waals surface area contributed by atoms with Gasteiger partial charge in [-0.2, -0.15) is 5.10 Å². The zero-order valence-electron chi connectivity index (χ0n) is 12.1. The predicted molar refractivity (Wildman–Crippen MR) is 82.2 cm³/mol. The molecule has 3 rings (SSSR count). The molecule has 0 aliphatic carbocycles. The van der Waals surface area contributed by atoms with Gasteiger partial charge in [0.2, 0.25) is 0 Å². The molecule has 0 atom stereocenters. The summed E-state index contributed by atoms with van der Waals surface area (Å²) in [5, 5.41) is 7.78. The number of rotatable bonds is 6. The van der Waals surface area contributed by atoms with Crippen molar-refractivity contribution in [1.29, 1.82) is 0 Å². The summed E-state index contributed by atoms with van der Waals surface area (Å²) < 4.78 is 4.05. The van der Waals surface area contributed by atoms with E-state index in [2.05, 4.69) is 38.2 Å². The van der Waals surface area contributed by atoms with Crippen molar-refractivity contribution in [3.8, 4) is 5.69 Å². The number of aromatic nitrogens is 4. The maximum atomic E-state index is 4.30. The monoisotopic (exact) mass is 281 g/mol. The second kappa shape index (κ2) is 6.37. The number of nitrogens with one attached hydrogen (secondary N) is 1. The normalized spacial score (nSPS) is 10.9. The second-order valence-electron chi connectivity index (χ2n) is 4.92. The molecule has 0 radical (unpaired) electrons. The number of hydrogen-bond acceptors (Lipinski definition) is 3. The first kappa shape index (κ1) is 13.6. The molecule has 0 saturated heterocycles. The van der Waals surface area contributed by atoms with Gasteiger partial charge in [0.05, 0.1) is 5.69 Å². The van der Waals surface area contributed by atoms with Crippen molar-refractivity contribution < 1.29 is 0 Å². The van der Waals surface area contributed by atoms with E-state index in [0.717, 1.165) is 31.1 Å². The molecule has 5 nitrogen and oxygen atoms in total. The van der Waals surface area contributed by atoms with Gasteiger partial charge in [-0.3, -0.25) is 0 Å². The molecule has 0 bridgehead atoms. The summed E-state index contributed by atoms with van der Waals surface area (Å²) in [4.78, 5) is 4.22. The van der Waals surface area contributed by atoms with Crippen LogP contribution in [0.5, 0.6) is 0 Å². The minimum atomic E-state index is 0.823. The molecule has 21 heavy (non-hydrogen) atoms. The van der Waals surface area contributed by atoms with Gasteiger partial charge in [-0.25, -0.2) is 9.67 Å². The van der Waals surface area contributed by atoms with E-state index in [1.807, 2.05) is 42.3 Å². The Morgan fingerprint density at radius 1 is 1.10 bits per heavy atom. The van der Waals surface area contributed by atoms with Crippen molar-refractivity contribution in [3.63, 3.8) is 0 Å². The second-order valence-corrected chi connectivity index (χ2v) is 4.92. The average molecular weight is 281 g/mol. The van der Waals surface area contributed by atoms with Crippen molar-refractivity contribution in [3.05, 3.63) is 66.5 Å². The lowest BCUT2D eigenvalue weighted by molar-refractivity contribution is 0.586. The predicted octanol–water partition coefficient (Wildman–Crippen LogP) is 2.17. The lowest BCUT2D eigenvalue weighted by Crippen LogP contribution is -2.20. The van der Waals surface area contributed by atoms with Gasteiger partial charge in [-0.15, -0.1) is 0 Å². The minimum Gasteiger partial charge on any atom is -0.334 e. The summed E-state index contributed by atoms with van der Waals surface area (Å²) in [5.41, 5.74) is 2.36. The first-order chi connectivity index (χ1) is 10.3. The van der Waals surface area contributed by atoms with Crippen molar-refractivity contribution in [1.82, 2.24) is 24.6 Å². The zero-order chi connectivity index (χ0) is 14.5. The van der Waals surface area contributed by atoms with Gasteiger partial charge in [-0.1, -0.05) is 18.2 Å². The van der Waals surface area contributed by atoms with E-state index < -0.39 is 0 Å². The highest BCUT2D eigenvalue weighted by molar-refractivity contribution is 5.40. The number of nitrogens with zero attached hydrogens (tertiary/aromatic N) is 4. The Morgan fingerprint density at radius 2 is 2.00 bits per heavy atom. The number of imidazole rings is 1. The molecule has 0 aliphatic rings. The molecule has 108 valence electrons. The third-order valence-corrected chi connectivity index (χ3v) is 3.51. The minimum absolute atomic E-state index is 0.823. The van der Waals surface area contributed by atoms with Crippen LogP contribution in [0.3, 0.4) is 0 Å². The molecular formula is C16H19N5. The van der Waals surface area contributed by atoms with E-state index in [1.165, 1.54) is 5.56 Å². The van der Waals surface area contributed by atoms with Gasteiger partial charge in [0.15, 0.2) is 0 Å². The Kier molecular flexibility index (Phi) is 4.12. The van der Waals surface area contributed by atoms with E-state index in [-0.39, 0.29) is 0 Å². The zero-order valence-corrected chi connectivity index (χ0v) is 12.1. The summed E-state index contributed by atoms with van der Waals surface area (Å²) >= 11 is 0. The van der Waals surface area contributed by atoms with Crippen LogP contribution in [0.1, 0.15) is 11.4 Å². The van der Waals surface area contributed by atoms with E-state index in [1.54, 1.807) is 6.20 Å². The first-order valence-corrected chi connectivity index (χ1v) is 7.11. The number of aryl methyl sites for hydroxylation is 1. The van der Waals surface area contributed by atoms with E-state index >= 15 is 0 Å². The van der Waals surface area contributed by atoms with Crippen molar-refractivity contribution >= 4 is 0 Å². The summed E-state index contributed by atoms with van der Waals surface area (Å²) in [6, 6.07) is 10.3. The maximum absolute atomic E-state index is 4.30. The molecule has 0 unspecified atom stereocenters. The SMILES string of the molecule is Cc1nccn1CCNCc1ccccc1-n1cccn1. The molecule has 0 spiro atoms. The molecule has 0 saturated carbocycles. The van der Waals surface area contributed by atoms with Crippen LogP contribution in [0.2, 0.25) is 0 Å². The third kappa shape index (κ3) is 3.20. The van der Waals surface area contributed by atoms with Crippen LogP contribution in [0, 0.1) is 6.92 Å². The molecular weight excluding hydrogens is 262 g/mol. The summed E-state index contributed by atoms with van der Waals surface area (Å²) in [6.45, 7) is 4.68. The maximum Gasteiger partial charge on any atom is 0.105 e. The van der Waals surface area contributed by atoms with Crippen LogP contribution >= 0.6 is 0 Å². The van der Waals surface area contributed by atoms with Gasteiger partial charge in [0.25, 0.3) is 0 Å². The van der Waals surface area contributed by atoms with Gasteiger partial charge < -0.3 is 9.88 Å². The molecule has 1 aromatic carbocycles. The molecule has 2 heterocycles. The fourth-order valence-corrected chi connectivity index (χ4v) is 2.36. The molecule has 0 amide bonds. The van der Waals surface area contributed by atoms with Crippen molar-refractivity contribution in [2.75, 3.05) is 6.54 Å². The summed E-state index contributed by atoms with van der Waals surface area (Å²) in [7, 11) is 0. The number of benzene rings is 1. The van der Waals surface area contributed by atoms with Crippen LogP contribution in [-0.4, -0.2) is 25.9 Å². The standard InChI is InChI=1S/C16H19N5/c1-14-18-9-12-20(14)11-8-17-13-15-5-2-3-6-16(15)21-10-4-7-19-21/h2-7,9-10,12,17H,8,11,13H2,1H3. The van der Waals surface area contributed by atoms with Crippen LogP contribution in [0.4, 0.5) is 0 Å². The smallest absolute Gasteiger partial charge is 0.105 e. The number of para-hydroxylation sites is 1. The Bertz CT molecular complexity index is 684. The Labute approximate surface area is 124 Å². The number of hydrogen-bond donors (Lipinski definition) is 1. The average Bonchev–Trinajstić information content (AvgIpc) is 3.16. The van der Waals surface area contributed by atoms with Gasteiger partial charge in [0.1, 0.15) is 5.82 Å². The summed E-state index contributed by atoms with van der Waals surface area (Å²) in [5.74, 6) is 1.05. The quantitative estimate of drug-likeness (QED) is 0.704. The van der Waals surface area contributed by atoms with E-state index in [4.69, 9.17) is 0 Å². The fourth-order valence-electron chi connectivity index (χ4n) is 2.36. The molecule has 2 aromatic heterocycles. The van der Waals surface area contributed by atoms with Gasteiger partial charge in [-0.05, 0) is 24.6 Å². The third-order valence-electron chi connectivity index (χ3n) is 3.51. The van der Waals surface area contributed by atoms with Crippen molar-refractivity contribution in [2.24, 2.45) is 0 Å². The van der Waals surface area contributed by atoms with Crippen LogP contribution < -0.4 is 5.32 Å². The lowest BCUT2D eigenvalue weighted by Gasteiger charge is -2.11. The molecule has 0 fully saturated rings. The highest BCUT2D eigenvalue weighted by Crippen LogP contribution is 2.12. The molecule has 3 aromatic rings. The highest BCUT2D eigenvalue weighted by atomic mass is 15.3. The Morgan fingerprint density at radius 3 is 2.76 bits per heavy atom.